The van der Waals surface area contributed by atoms with Gasteiger partial charge in [-0.05, 0) is 56.9 Å². The maximum Gasteiger partial charge on any atom is 0.131 e. The highest BCUT2D eigenvalue weighted by Crippen LogP contribution is 2.29. The van der Waals surface area contributed by atoms with Crippen LogP contribution in [0.4, 0.5) is 5.69 Å². The number of rotatable bonds is 4. The van der Waals surface area contributed by atoms with Crippen LogP contribution in [-0.4, -0.2) is 19.4 Å². The van der Waals surface area contributed by atoms with E-state index in [-0.39, 0.29) is 5.78 Å². The monoisotopic (exact) mass is 233 g/mol. The minimum absolute atomic E-state index is 0.247. The zero-order valence-electron chi connectivity index (χ0n) is 11.8. The van der Waals surface area contributed by atoms with Crippen molar-refractivity contribution >= 4 is 11.5 Å². The number of Topliss-reactive ketones (excluding diaryl/α,β-unsaturated/α-hetero) is 1. The van der Waals surface area contributed by atoms with Crippen LogP contribution in [0.1, 0.15) is 35.6 Å². The lowest BCUT2D eigenvalue weighted by atomic mass is 9.98. The Morgan fingerprint density at radius 1 is 1.12 bits per heavy atom. The van der Waals surface area contributed by atoms with Crippen LogP contribution in [0.25, 0.3) is 0 Å². The number of anilines is 1. The maximum absolute atomic E-state index is 11.1. The van der Waals surface area contributed by atoms with E-state index in [0.717, 1.165) is 6.54 Å². The van der Waals surface area contributed by atoms with Crippen LogP contribution in [-0.2, 0) is 4.79 Å². The number of carbonyl (C=O) groups is 1. The van der Waals surface area contributed by atoms with E-state index < -0.39 is 0 Å². The summed E-state index contributed by atoms with van der Waals surface area (Å²) in [6, 6.07) is 2.23. The average Bonchev–Trinajstić information content (AvgIpc) is 2.24. The first-order chi connectivity index (χ1) is 7.84. The standard InChI is InChI=1S/C15H23NO/c1-10-9-11(2)14(5)15(13(10)4)16(6)8-7-12(3)17/h9H,7-8H2,1-6H3. The van der Waals surface area contributed by atoms with Crippen molar-refractivity contribution in [2.24, 2.45) is 0 Å². The Morgan fingerprint density at radius 3 is 2.00 bits per heavy atom. The molecule has 0 aliphatic carbocycles. The number of carbonyl (C=O) groups excluding carboxylic acids is 1. The highest BCUT2D eigenvalue weighted by atomic mass is 16.1. The van der Waals surface area contributed by atoms with Gasteiger partial charge >= 0.3 is 0 Å². The summed E-state index contributed by atoms with van der Waals surface area (Å²) >= 11 is 0. The van der Waals surface area contributed by atoms with Gasteiger partial charge in [-0.2, -0.15) is 0 Å². The summed E-state index contributed by atoms with van der Waals surface area (Å²) in [5.74, 6) is 0.247. The summed E-state index contributed by atoms with van der Waals surface area (Å²) in [5, 5.41) is 0. The summed E-state index contributed by atoms with van der Waals surface area (Å²) < 4.78 is 0. The Hall–Kier alpha value is -1.31. The molecule has 0 bridgehead atoms. The molecule has 0 amide bonds. The Bertz CT molecular complexity index is 409. The van der Waals surface area contributed by atoms with E-state index in [1.54, 1.807) is 6.92 Å². The zero-order chi connectivity index (χ0) is 13.2. The summed E-state index contributed by atoms with van der Waals surface area (Å²) in [5.41, 5.74) is 6.55. The van der Waals surface area contributed by atoms with E-state index in [9.17, 15) is 4.79 Å². The second-order valence-corrected chi connectivity index (χ2v) is 4.98. The fourth-order valence-corrected chi connectivity index (χ4v) is 2.21. The van der Waals surface area contributed by atoms with Crippen LogP contribution < -0.4 is 4.90 Å². The molecule has 0 fully saturated rings. The molecule has 94 valence electrons. The van der Waals surface area contributed by atoms with Gasteiger partial charge in [0.1, 0.15) is 5.78 Å². The molecular weight excluding hydrogens is 210 g/mol. The number of benzene rings is 1. The van der Waals surface area contributed by atoms with Crippen molar-refractivity contribution in [1.29, 1.82) is 0 Å². The van der Waals surface area contributed by atoms with Gasteiger partial charge in [0.15, 0.2) is 0 Å². The van der Waals surface area contributed by atoms with Gasteiger partial charge in [0.05, 0.1) is 0 Å². The quantitative estimate of drug-likeness (QED) is 0.795. The predicted molar refractivity (Wildman–Crippen MR) is 74.0 cm³/mol. The number of hydrogen-bond donors (Lipinski definition) is 0. The number of hydrogen-bond acceptors (Lipinski definition) is 2. The lowest BCUT2D eigenvalue weighted by Crippen LogP contribution is -2.22. The third kappa shape index (κ3) is 3.09. The van der Waals surface area contributed by atoms with Crippen molar-refractivity contribution in [1.82, 2.24) is 0 Å². The fraction of sp³-hybridized carbons (Fsp3) is 0.533. The smallest absolute Gasteiger partial charge is 0.131 e. The van der Waals surface area contributed by atoms with Crippen LogP contribution >= 0.6 is 0 Å². The molecule has 0 unspecified atom stereocenters. The number of ketones is 1. The second kappa shape index (κ2) is 5.35. The molecule has 0 radical (unpaired) electrons. The van der Waals surface area contributed by atoms with Crippen LogP contribution in [0.2, 0.25) is 0 Å². The minimum Gasteiger partial charge on any atom is -0.374 e. The van der Waals surface area contributed by atoms with E-state index in [2.05, 4.69) is 45.7 Å². The summed E-state index contributed by atoms with van der Waals surface area (Å²) in [7, 11) is 2.07. The molecule has 0 spiro atoms. The Morgan fingerprint density at radius 2 is 1.59 bits per heavy atom. The van der Waals surface area contributed by atoms with E-state index in [0.29, 0.717) is 6.42 Å². The third-order valence-corrected chi connectivity index (χ3v) is 3.51. The van der Waals surface area contributed by atoms with Gasteiger partial charge in [0, 0.05) is 25.7 Å². The average molecular weight is 233 g/mol. The Balaban J connectivity index is 3.07. The van der Waals surface area contributed by atoms with Gasteiger partial charge < -0.3 is 4.90 Å². The molecule has 1 rings (SSSR count). The highest BCUT2D eigenvalue weighted by molar-refractivity contribution is 5.76. The van der Waals surface area contributed by atoms with Crippen LogP contribution in [0.15, 0.2) is 6.07 Å². The van der Waals surface area contributed by atoms with Crippen molar-refractivity contribution in [2.45, 2.75) is 41.0 Å². The number of nitrogens with zero attached hydrogens (tertiary/aromatic N) is 1. The van der Waals surface area contributed by atoms with Gasteiger partial charge in [-0.25, -0.2) is 0 Å². The molecule has 0 saturated carbocycles. The summed E-state index contributed by atoms with van der Waals surface area (Å²) in [4.78, 5) is 13.3. The lowest BCUT2D eigenvalue weighted by Gasteiger charge is -2.25. The van der Waals surface area contributed by atoms with Gasteiger partial charge in [-0.3, -0.25) is 4.79 Å². The molecule has 0 aliphatic heterocycles. The fourth-order valence-electron chi connectivity index (χ4n) is 2.21. The Kier molecular flexibility index (Phi) is 4.33. The van der Waals surface area contributed by atoms with Crippen LogP contribution in [0.3, 0.4) is 0 Å². The first-order valence-electron chi connectivity index (χ1n) is 6.12. The maximum atomic E-state index is 11.1. The van der Waals surface area contributed by atoms with Crippen molar-refractivity contribution in [2.75, 3.05) is 18.5 Å². The molecule has 0 N–H and O–H groups in total. The molecule has 0 aliphatic rings. The molecule has 2 nitrogen and oxygen atoms in total. The van der Waals surface area contributed by atoms with Gasteiger partial charge in [0.2, 0.25) is 0 Å². The zero-order valence-corrected chi connectivity index (χ0v) is 11.8. The van der Waals surface area contributed by atoms with Crippen molar-refractivity contribution < 1.29 is 4.79 Å². The number of aryl methyl sites for hydroxylation is 2. The molecule has 0 aromatic heterocycles. The first-order valence-corrected chi connectivity index (χ1v) is 6.12. The summed E-state index contributed by atoms with van der Waals surface area (Å²) in [6.07, 6.45) is 0.613. The van der Waals surface area contributed by atoms with E-state index in [4.69, 9.17) is 0 Å². The molecule has 0 saturated heterocycles. The largest absolute Gasteiger partial charge is 0.374 e. The second-order valence-electron chi connectivity index (χ2n) is 4.98. The van der Waals surface area contributed by atoms with Gasteiger partial charge in [0.25, 0.3) is 0 Å². The third-order valence-electron chi connectivity index (χ3n) is 3.51. The SMILES string of the molecule is CC(=O)CCN(C)c1c(C)c(C)cc(C)c1C. The predicted octanol–water partition coefficient (Wildman–Crippen LogP) is 3.34. The van der Waals surface area contributed by atoms with Crippen LogP contribution in [0.5, 0.6) is 0 Å². The molecule has 17 heavy (non-hydrogen) atoms. The normalized spacial score (nSPS) is 10.5. The van der Waals surface area contributed by atoms with E-state index >= 15 is 0 Å². The molecule has 0 atom stereocenters. The van der Waals surface area contributed by atoms with E-state index in [1.165, 1.54) is 27.9 Å². The highest BCUT2D eigenvalue weighted by Gasteiger charge is 2.12. The van der Waals surface area contributed by atoms with Crippen molar-refractivity contribution in [3.05, 3.63) is 28.3 Å². The molecule has 1 aromatic carbocycles. The van der Waals surface area contributed by atoms with Gasteiger partial charge in [-0.1, -0.05) is 6.07 Å². The molecule has 1 aromatic rings. The lowest BCUT2D eigenvalue weighted by molar-refractivity contribution is -0.116. The first kappa shape index (κ1) is 13.8. The molecule has 0 heterocycles. The molecule has 2 heteroatoms. The van der Waals surface area contributed by atoms with Crippen LogP contribution in [0, 0.1) is 27.7 Å². The molecular formula is C15H23NO. The van der Waals surface area contributed by atoms with Crippen molar-refractivity contribution in [3.63, 3.8) is 0 Å². The minimum atomic E-state index is 0.247. The van der Waals surface area contributed by atoms with Crippen molar-refractivity contribution in [3.8, 4) is 0 Å². The van der Waals surface area contributed by atoms with E-state index in [1.807, 2.05) is 0 Å². The van der Waals surface area contributed by atoms with Gasteiger partial charge in [-0.15, -0.1) is 0 Å². The Labute approximate surface area is 105 Å². The topological polar surface area (TPSA) is 20.3 Å². The summed E-state index contributed by atoms with van der Waals surface area (Å²) in [6.45, 7) is 11.0.